The van der Waals surface area contributed by atoms with Crippen LogP contribution in [-0.2, 0) is 6.42 Å². The van der Waals surface area contributed by atoms with Gasteiger partial charge in [0.05, 0.1) is 11.7 Å². The molecule has 0 bridgehead atoms. The summed E-state index contributed by atoms with van der Waals surface area (Å²) < 4.78 is 17.3. The number of halogens is 1. The van der Waals surface area contributed by atoms with Gasteiger partial charge < -0.3 is 5.32 Å². The van der Waals surface area contributed by atoms with E-state index >= 15 is 0 Å². The minimum absolute atomic E-state index is 0.177. The van der Waals surface area contributed by atoms with E-state index in [1.807, 2.05) is 6.92 Å². The predicted octanol–water partition coefficient (Wildman–Crippen LogP) is 4.60. The maximum atomic E-state index is 13.1. The summed E-state index contributed by atoms with van der Waals surface area (Å²) in [6.45, 7) is 1.89. The van der Waals surface area contributed by atoms with Crippen LogP contribution >= 0.6 is 22.9 Å². The molecule has 1 aromatic carbocycles. The fraction of sp³-hybridized carbons (Fsp3) is 0.312. The van der Waals surface area contributed by atoms with Crippen molar-refractivity contribution in [1.82, 2.24) is 14.3 Å². The van der Waals surface area contributed by atoms with E-state index in [0.29, 0.717) is 0 Å². The minimum atomic E-state index is -0.221. The molecule has 4 nitrogen and oxygen atoms in total. The molecule has 0 fully saturated rings. The molecule has 1 aliphatic carbocycles. The molecule has 0 amide bonds. The number of aryl methyl sites for hydroxylation is 2. The second kappa shape index (κ2) is 5.98. The Bertz CT molecular complexity index is 825. The summed E-state index contributed by atoms with van der Waals surface area (Å²) in [6, 6.07) is 6.72. The fourth-order valence-electron chi connectivity index (χ4n) is 2.78. The third-order valence-corrected chi connectivity index (χ3v) is 5.79. The normalized spacial score (nSPS) is 17.0. The van der Waals surface area contributed by atoms with Crippen molar-refractivity contribution in [3.05, 3.63) is 46.5 Å². The van der Waals surface area contributed by atoms with Gasteiger partial charge in [0.1, 0.15) is 16.6 Å². The zero-order valence-electron chi connectivity index (χ0n) is 12.5. The monoisotopic (exact) mass is 346 g/mol. The molecule has 2 heterocycles. The Kier molecular flexibility index (Phi) is 3.82. The topological polar surface area (TPSA) is 50.7 Å². The smallest absolute Gasteiger partial charge is 0.203 e. The Morgan fingerprint density at radius 1 is 1.22 bits per heavy atom. The third-order valence-electron chi connectivity index (χ3n) is 3.87. The van der Waals surface area contributed by atoms with Crippen molar-refractivity contribution in [3.8, 4) is 10.6 Å². The van der Waals surface area contributed by atoms with Crippen LogP contribution in [0.3, 0.4) is 0 Å². The number of nitrogens with zero attached hydrogens (tertiary/aromatic N) is 3. The van der Waals surface area contributed by atoms with Crippen LogP contribution in [0.15, 0.2) is 24.3 Å². The molecule has 0 radical (unpaired) electrons. The number of anilines is 1. The first-order valence-electron chi connectivity index (χ1n) is 7.51. The van der Waals surface area contributed by atoms with Crippen molar-refractivity contribution >= 4 is 28.0 Å². The zero-order valence-corrected chi connectivity index (χ0v) is 14.2. The molecule has 0 saturated heterocycles. The van der Waals surface area contributed by atoms with Crippen LogP contribution in [0.5, 0.6) is 0 Å². The van der Waals surface area contributed by atoms with Crippen molar-refractivity contribution in [3.63, 3.8) is 0 Å². The van der Waals surface area contributed by atoms with E-state index < -0.39 is 0 Å². The third kappa shape index (κ3) is 2.98. The lowest BCUT2D eigenvalue weighted by Gasteiger charge is -2.21. The number of rotatable bonds is 3. The highest BCUT2D eigenvalue weighted by Crippen LogP contribution is 2.38. The molecule has 0 aliphatic heterocycles. The molecule has 7 heteroatoms. The van der Waals surface area contributed by atoms with Gasteiger partial charge in [-0.1, -0.05) is 0 Å². The fourth-order valence-corrected chi connectivity index (χ4v) is 4.58. The zero-order chi connectivity index (χ0) is 15.8. The molecule has 23 heavy (non-hydrogen) atoms. The molecule has 1 N–H and O–H groups in total. The molecule has 1 atom stereocenters. The highest BCUT2D eigenvalue weighted by molar-refractivity contribution is 7.15. The Hall–Kier alpha value is -1.86. The average molecular weight is 346 g/mol. The van der Waals surface area contributed by atoms with Gasteiger partial charge in [0.25, 0.3) is 0 Å². The Balaban J connectivity index is 1.64. The quantitative estimate of drug-likeness (QED) is 0.753. The standard InChI is InChI=1S/C16H15FN4S2/c1-9-18-16(23-21-9)19-12-3-2-4-13-14(12)20-15(22-13)10-5-7-11(17)8-6-10/h5-8,12H,2-4H2,1H3,(H,18,19,21). The van der Waals surface area contributed by atoms with Gasteiger partial charge in [0.15, 0.2) is 0 Å². The molecular weight excluding hydrogens is 331 g/mol. The van der Waals surface area contributed by atoms with Gasteiger partial charge in [-0.15, -0.1) is 11.3 Å². The summed E-state index contributed by atoms with van der Waals surface area (Å²) in [7, 11) is 0. The Morgan fingerprint density at radius 2 is 2.04 bits per heavy atom. The van der Waals surface area contributed by atoms with Crippen LogP contribution in [-0.4, -0.2) is 14.3 Å². The highest BCUT2D eigenvalue weighted by atomic mass is 32.1. The van der Waals surface area contributed by atoms with Crippen LogP contribution in [0.2, 0.25) is 0 Å². The van der Waals surface area contributed by atoms with E-state index in [1.54, 1.807) is 23.5 Å². The van der Waals surface area contributed by atoms with E-state index in [1.165, 1.54) is 28.5 Å². The van der Waals surface area contributed by atoms with Gasteiger partial charge in [0, 0.05) is 22.0 Å². The number of aromatic nitrogens is 3. The first kappa shape index (κ1) is 14.7. The molecule has 1 unspecified atom stereocenters. The summed E-state index contributed by atoms with van der Waals surface area (Å²) >= 11 is 3.09. The van der Waals surface area contributed by atoms with Crippen molar-refractivity contribution < 1.29 is 4.39 Å². The van der Waals surface area contributed by atoms with E-state index in [-0.39, 0.29) is 11.9 Å². The van der Waals surface area contributed by atoms with E-state index in [4.69, 9.17) is 4.98 Å². The number of hydrogen-bond donors (Lipinski definition) is 1. The molecular formula is C16H15FN4S2. The number of nitrogens with one attached hydrogen (secondary N) is 1. The first-order valence-corrected chi connectivity index (χ1v) is 9.10. The van der Waals surface area contributed by atoms with Crippen molar-refractivity contribution in [1.29, 1.82) is 0 Å². The summed E-state index contributed by atoms with van der Waals surface area (Å²) in [5, 5.41) is 5.26. The van der Waals surface area contributed by atoms with Crippen molar-refractivity contribution in [2.75, 3.05) is 5.32 Å². The Morgan fingerprint density at radius 3 is 2.78 bits per heavy atom. The summed E-state index contributed by atoms with van der Waals surface area (Å²) in [6.07, 6.45) is 3.23. The summed E-state index contributed by atoms with van der Waals surface area (Å²) in [5.74, 6) is 0.570. The molecule has 0 saturated carbocycles. The van der Waals surface area contributed by atoms with Gasteiger partial charge in [-0.3, -0.25) is 0 Å². The van der Waals surface area contributed by atoms with Crippen LogP contribution in [0.1, 0.15) is 35.3 Å². The van der Waals surface area contributed by atoms with Crippen molar-refractivity contribution in [2.45, 2.75) is 32.2 Å². The lowest BCUT2D eigenvalue weighted by molar-refractivity contribution is 0.594. The van der Waals surface area contributed by atoms with Crippen molar-refractivity contribution in [2.24, 2.45) is 0 Å². The van der Waals surface area contributed by atoms with Crippen LogP contribution in [0, 0.1) is 12.7 Å². The minimum Gasteiger partial charge on any atom is -0.352 e. The Labute approximate surface area is 141 Å². The number of thiazole rings is 1. The van der Waals surface area contributed by atoms with Crippen LogP contribution in [0.4, 0.5) is 9.52 Å². The molecule has 1 aliphatic rings. The maximum Gasteiger partial charge on any atom is 0.203 e. The van der Waals surface area contributed by atoms with E-state index in [0.717, 1.165) is 46.5 Å². The number of hydrogen-bond acceptors (Lipinski definition) is 6. The van der Waals surface area contributed by atoms with Crippen LogP contribution in [0.25, 0.3) is 10.6 Å². The van der Waals surface area contributed by atoms with Gasteiger partial charge in [-0.25, -0.2) is 14.4 Å². The van der Waals surface area contributed by atoms with Gasteiger partial charge >= 0.3 is 0 Å². The first-order chi connectivity index (χ1) is 11.2. The van der Waals surface area contributed by atoms with Gasteiger partial charge in [0.2, 0.25) is 5.13 Å². The number of fused-ring (bicyclic) bond motifs is 1. The lowest BCUT2D eigenvalue weighted by Crippen LogP contribution is -2.16. The molecule has 118 valence electrons. The average Bonchev–Trinajstić information content (AvgIpc) is 3.15. The highest BCUT2D eigenvalue weighted by Gasteiger charge is 2.25. The molecule has 3 aromatic rings. The lowest BCUT2D eigenvalue weighted by atomic mass is 9.98. The number of benzene rings is 1. The van der Waals surface area contributed by atoms with Crippen LogP contribution < -0.4 is 5.32 Å². The van der Waals surface area contributed by atoms with Gasteiger partial charge in [-0.05, 0) is 50.5 Å². The largest absolute Gasteiger partial charge is 0.352 e. The molecule has 4 rings (SSSR count). The van der Waals surface area contributed by atoms with E-state index in [9.17, 15) is 4.39 Å². The second-order valence-electron chi connectivity index (χ2n) is 5.57. The summed E-state index contributed by atoms with van der Waals surface area (Å²) in [5.41, 5.74) is 2.07. The molecule has 2 aromatic heterocycles. The van der Waals surface area contributed by atoms with Gasteiger partial charge in [-0.2, -0.15) is 4.37 Å². The SMILES string of the molecule is Cc1nsc(NC2CCCc3sc(-c4ccc(F)cc4)nc32)n1. The molecule has 0 spiro atoms. The predicted molar refractivity (Wildman–Crippen MR) is 91.5 cm³/mol. The summed E-state index contributed by atoms with van der Waals surface area (Å²) in [4.78, 5) is 10.5. The second-order valence-corrected chi connectivity index (χ2v) is 7.41. The maximum absolute atomic E-state index is 13.1. The van der Waals surface area contributed by atoms with E-state index in [2.05, 4.69) is 14.7 Å².